The van der Waals surface area contributed by atoms with Gasteiger partial charge in [0, 0.05) is 10.9 Å². The van der Waals surface area contributed by atoms with Gasteiger partial charge in [0.1, 0.15) is 5.75 Å². The molecule has 2 rings (SSSR count). The van der Waals surface area contributed by atoms with Gasteiger partial charge in [0.05, 0.1) is 25.3 Å². The van der Waals surface area contributed by atoms with Gasteiger partial charge in [0.25, 0.3) is 0 Å². The van der Waals surface area contributed by atoms with Gasteiger partial charge in [-0.3, -0.25) is 4.79 Å². The van der Waals surface area contributed by atoms with Gasteiger partial charge in [-0.2, -0.15) is 0 Å². The predicted octanol–water partition coefficient (Wildman–Crippen LogP) is 1.77. The lowest BCUT2D eigenvalue weighted by Crippen LogP contribution is -2.31. The molecule has 0 aliphatic rings. The van der Waals surface area contributed by atoms with Crippen LogP contribution in [0.4, 0.5) is 0 Å². The van der Waals surface area contributed by atoms with Gasteiger partial charge in [-0.05, 0) is 18.4 Å². The molecular formula is C13H16N2O5S2. The molecule has 2 aromatic rings. The Morgan fingerprint density at radius 2 is 2.32 bits per heavy atom. The third-order valence-electron chi connectivity index (χ3n) is 2.82. The average molecular weight is 344 g/mol. The fourth-order valence-electron chi connectivity index (χ4n) is 1.87. The molecule has 0 unspecified atom stereocenters. The molecule has 2 aromatic heterocycles. The second-order valence-corrected chi connectivity index (χ2v) is 7.39. The van der Waals surface area contributed by atoms with E-state index in [0.29, 0.717) is 5.69 Å². The molecule has 1 N–H and O–H groups in total. The highest BCUT2D eigenvalue weighted by molar-refractivity contribution is 7.88. The molecule has 0 amide bonds. The first kappa shape index (κ1) is 16.7. The summed E-state index contributed by atoms with van der Waals surface area (Å²) in [5, 5.41) is 5.47. The number of thiophene rings is 1. The van der Waals surface area contributed by atoms with Crippen molar-refractivity contribution in [1.82, 2.24) is 9.88 Å². The minimum atomic E-state index is -3.69. The number of methoxy groups -OCH3 is 1. The van der Waals surface area contributed by atoms with Crippen molar-refractivity contribution in [3.8, 4) is 0 Å². The molecule has 0 saturated carbocycles. The maximum Gasteiger partial charge on any atom is 0.307 e. The molecule has 0 spiro atoms. The van der Waals surface area contributed by atoms with Crippen molar-refractivity contribution in [2.24, 2.45) is 0 Å². The van der Waals surface area contributed by atoms with Gasteiger partial charge in [0.2, 0.25) is 10.0 Å². The molecule has 0 fully saturated rings. The molecule has 7 nitrogen and oxygen atoms in total. The number of rotatable bonds is 7. The number of hydrogen-bond acceptors (Lipinski definition) is 7. The van der Waals surface area contributed by atoms with Gasteiger partial charge >= 0.3 is 5.97 Å². The number of aryl methyl sites for hydroxylation is 1. The zero-order valence-corrected chi connectivity index (χ0v) is 13.7. The quantitative estimate of drug-likeness (QED) is 0.769. The van der Waals surface area contributed by atoms with Crippen LogP contribution in [0.3, 0.4) is 0 Å². The van der Waals surface area contributed by atoms with Crippen molar-refractivity contribution in [2.45, 2.75) is 25.1 Å². The van der Waals surface area contributed by atoms with Crippen molar-refractivity contribution < 1.29 is 22.5 Å². The van der Waals surface area contributed by atoms with E-state index in [-0.39, 0.29) is 17.9 Å². The van der Waals surface area contributed by atoms with Crippen LogP contribution in [0.2, 0.25) is 0 Å². The van der Waals surface area contributed by atoms with Crippen molar-refractivity contribution >= 4 is 27.3 Å². The molecule has 22 heavy (non-hydrogen) atoms. The number of ether oxygens (including phenoxy) is 1. The second kappa shape index (κ2) is 7.03. The highest BCUT2D eigenvalue weighted by Crippen LogP contribution is 2.24. The Hall–Kier alpha value is -1.71. The summed E-state index contributed by atoms with van der Waals surface area (Å²) in [6.45, 7) is 1.71. The molecule has 0 aliphatic carbocycles. The molecule has 2 heterocycles. The maximum atomic E-state index is 12.2. The summed E-state index contributed by atoms with van der Waals surface area (Å²) in [5.41, 5.74) is 0.606. The number of sulfonamides is 1. The van der Waals surface area contributed by atoms with Crippen molar-refractivity contribution in [2.75, 3.05) is 7.11 Å². The molecule has 0 saturated heterocycles. The summed E-state index contributed by atoms with van der Waals surface area (Å²) >= 11 is 1.36. The van der Waals surface area contributed by atoms with E-state index in [1.54, 1.807) is 25.1 Å². The SMILES string of the molecule is COC(=O)C[C@H](NS(=O)(=O)Cc1cc(C)no1)c1cccs1. The summed E-state index contributed by atoms with van der Waals surface area (Å²) < 4.78 is 36.5. The van der Waals surface area contributed by atoms with E-state index in [2.05, 4.69) is 14.6 Å². The van der Waals surface area contributed by atoms with Gasteiger partial charge in [-0.1, -0.05) is 11.2 Å². The molecular weight excluding hydrogens is 328 g/mol. The van der Waals surface area contributed by atoms with Crippen molar-refractivity contribution in [3.05, 3.63) is 39.9 Å². The van der Waals surface area contributed by atoms with Gasteiger partial charge < -0.3 is 9.26 Å². The number of nitrogens with zero attached hydrogens (tertiary/aromatic N) is 1. The molecule has 120 valence electrons. The summed E-state index contributed by atoms with van der Waals surface area (Å²) in [5.74, 6) is -0.582. The fourth-order valence-corrected chi connectivity index (χ4v) is 3.96. The first-order valence-electron chi connectivity index (χ1n) is 6.42. The lowest BCUT2D eigenvalue weighted by atomic mass is 10.2. The van der Waals surface area contributed by atoms with Crippen molar-refractivity contribution in [1.29, 1.82) is 0 Å². The van der Waals surface area contributed by atoms with Crippen molar-refractivity contribution in [3.63, 3.8) is 0 Å². The number of nitrogens with one attached hydrogen (secondary N) is 1. The first-order valence-corrected chi connectivity index (χ1v) is 8.95. The molecule has 0 aromatic carbocycles. The van der Waals surface area contributed by atoms with Crippen LogP contribution in [0.25, 0.3) is 0 Å². The zero-order valence-electron chi connectivity index (χ0n) is 12.1. The van der Waals surface area contributed by atoms with E-state index in [1.165, 1.54) is 18.4 Å². The van der Waals surface area contributed by atoms with Crippen LogP contribution in [0.1, 0.15) is 28.8 Å². The predicted molar refractivity (Wildman–Crippen MR) is 80.7 cm³/mol. The average Bonchev–Trinajstić information content (AvgIpc) is 3.09. The fraction of sp³-hybridized carbons (Fsp3) is 0.385. The summed E-state index contributed by atoms with van der Waals surface area (Å²) in [4.78, 5) is 12.2. The Balaban J connectivity index is 2.13. The normalized spacial score (nSPS) is 13.0. The van der Waals surface area contributed by atoms with Crippen LogP contribution in [0.5, 0.6) is 0 Å². The van der Waals surface area contributed by atoms with E-state index in [4.69, 9.17) is 4.52 Å². The Bertz CT molecular complexity index is 721. The Labute approximate surface area is 132 Å². The molecule has 0 radical (unpaired) electrons. The van der Waals surface area contributed by atoms with Crippen LogP contribution in [-0.2, 0) is 25.3 Å². The number of esters is 1. The number of hydrogen-bond donors (Lipinski definition) is 1. The molecule has 1 atom stereocenters. The maximum absolute atomic E-state index is 12.2. The van der Waals surface area contributed by atoms with E-state index in [0.717, 1.165) is 4.88 Å². The minimum absolute atomic E-state index is 0.0777. The monoisotopic (exact) mass is 344 g/mol. The van der Waals surface area contributed by atoms with E-state index in [9.17, 15) is 13.2 Å². The van der Waals surface area contributed by atoms with Gasteiger partial charge in [-0.15, -0.1) is 11.3 Å². The summed E-state index contributed by atoms with van der Waals surface area (Å²) in [6.07, 6.45) is -0.0777. The summed E-state index contributed by atoms with van der Waals surface area (Å²) in [7, 11) is -2.42. The van der Waals surface area contributed by atoms with Crippen LogP contribution in [0.15, 0.2) is 28.1 Å². The molecule has 9 heteroatoms. The Morgan fingerprint density at radius 3 is 2.86 bits per heavy atom. The molecule has 0 bridgehead atoms. The first-order chi connectivity index (χ1) is 10.4. The van der Waals surface area contributed by atoms with Crippen LogP contribution in [-0.4, -0.2) is 26.7 Å². The summed E-state index contributed by atoms with van der Waals surface area (Å²) in [6, 6.07) is 4.44. The van der Waals surface area contributed by atoms with Crippen LogP contribution in [0, 0.1) is 6.92 Å². The Morgan fingerprint density at radius 1 is 1.55 bits per heavy atom. The van der Waals surface area contributed by atoms with E-state index in [1.807, 2.05) is 5.38 Å². The second-order valence-electron chi connectivity index (χ2n) is 4.66. The molecule has 0 aliphatic heterocycles. The number of carbonyl (C=O) groups excluding carboxylic acids is 1. The zero-order chi connectivity index (χ0) is 16.2. The highest BCUT2D eigenvalue weighted by atomic mass is 32.2. The van der Waals surface area contributed by atoms with E-state index >= 15 is 0 Å². The van der Waals surface area contributed by atoms with Gasteiger partial charge in [0.15, 0.2) is 5.76 Å². The topological polar surface area (TPSA) is 98.5 Å². The standard InChI is InChI=1S/C13H16N2O5S2/c1-9-6-10(20-14-9)8-22(17,18)15-11(7-13(16)19-2)12-4-3-5-21-12/h3-6,11,15H,7-8H2,1-2H3/t11-/m0/s1. The lowest BCUT2D eigenvalue weighted by molar-refractivity contribution is -0.141. The van der Waals surface area contributed by atoms with Crippen LogP contribution < -0.4 is 4.72 Å². The van der Waals surface area contributed by atoms with Crippen LogP contribution >= 0.6 is 11.3 Å². The van der Waals surface area contributed by atoms with E-state index < -0.39 is 22.0 Å². The lowest BCUT2D eigenvalue weighted by Gasteiger charge is -2.16. The highest BCUT2D eigenvalue weighted by Gasteiger charge is 2.24. The third-order valence-corrected chi connectivity index (χ3v) is 5.11. The number of aromatic nitrogens is 1. The third kappa shape index (κ3) is 4.65. The Kier molecular flexibility index (Phi) is 5.33. The number of carbonyl (C=O) groups is 1. The van der Waals surface area contributed by atoms with Gasteiger partial charge in [-0.25, -0.2) is 13.1 Å². The smallest absolute Gasteiger partial charge is 0.307 e. The minimum Gasteiger partial charge on any atom is -0.469 e. The largest absolute Gasteiger partial charge is 0.469 e.